The molecule has 2 saturated heterocycles. The van der Waals surface area contributed by atoms with Gasteiger partial charge in [0.2, 0.25) is 0 Å². The molecule has 3 aliphatic rings. The van der Waals surface area contributed by atoms with Crippen LogP contribution in [0.3, 0.4) is 0 Å². The van der Waals surface area contributed by atoms with Crippen molar-refractivity contribution in [2.45, 2.75) is 45.6 Å². The molecule has 2 fully saturated rings. The van der Waals surface area contributed by atoms with E-state index in [1.54, 1.807) is 0 Å². The molecule has 27 heavy (non-hydrogen) atoms. The Balaban J connectivity index is 1.61. The Morgan fingerprint density at radius 2 is 2.00 bits per heavy atom. The summed E-state index contributed by atoms with van der Waals surface area (Å²) in [5.41, 5.74) is 2.46. The summed E-state index contributed by atoms with van der Waals surface area (Å²) >= 11 is 0. The first kappa shape index (κ1) is 18.3. The van der Waals surface area contributed by atoms with Crippen LogP contribution in [0.1, 0.15) is 48.4 Å². The van der Waals surface area contributed by atoms with Crippen LogP contribution in [0.5, 0.6) is 0 Å². The molecule has 1 unspecified atom stereocenters. The molecule has 3 atom stereocenters. The average Bonchev–Trinajstić information content (AvgIpc) is 3.00. The summed E-state index contributed by atoms with van der Waals surface area (Å²) in [6.45, 7) is 9.12. The van der Waals surface area contributed by atoms with Crippen molar-refractivity contribution in [3.8, 4) is 0 Å². The molecular formula is C20H26N2O5. The van der Waals surface area contributed by atoms with Crippen LogP contribution >= 0.6 is 0 Å². The van der Waals surface area contributed by atoms with Crippen molar-refractivity contribution in [3.63, 3.8) is 0 Å². The fraction of sp³-hybridized carbons (Fsp3) is 0.600. The summed E-state index contributed by atoms with van der Waals surface area (Å²) in [5.74, 6) is -0.265. The number of nitrogens with zero attached hydrogens (tertiary/aromatic N) is 2. The summed E-state index contributed by atoms with van der Waals surface area (Å²) in [5, 5.41) is 9.39. The van der Waals surface area contributed by atoms with Crippen molar-refractivity contribution in [2.75, 3.05) is 26.2 Å². The van der Waals surface area contributed by atoms with Gasteiger partial charge in [0.1, 0.15) is 6.61 Å². The van der Waals surface area contributed by atoms with Gasteiger partial charge in [0.05, 0.1) is 23.8 Å². The van der Waals surface area contributed by atoms with E-state index in [4.69, 9.17) is 9.47 Å². The van der Waals surface area contributed by atoms with Crippen molar-refractivity contribution >= 4 is 12.1 Å². The van der Waals surface area contributed by atoms with Crippen LogP contribution in [0.25, 0.3) is 0 Å². The van der Waals surface area contributed by atoms with Crippen molar-refractivity contribution in [2.24, 2.45) is 5.41 Å². The highest BCUT2D eigenvalue weighted by Gasteiger charge is 2.46. The van der Waals surface area contributed by atoms with Gasteiger partial charge >= 0.3 is 12.1 Å². The van der Waals surface area contributed by atoms with Gasteiger partial charge in [-0.2, -0.15) is 0 Å². The monoisotopic (exact) mass is 374 g/mol. The molecule has 0 aliphatic carbocycles. The van der Waals surface area contributed by atoms with Gasteiger partial charge in [-0.05, 0) is 23.1 Å². The second-order valence-corrected chi connectivity index (χ2v) is 8.69. The van der Waals surface area contributed by atoms with Crippen LogP contribution in [-0.4, -0.2) is 65.3 Å². The largest absolute Gasteiger partial charge is 0.465 e. The standard InChI is InChI=1S/C20H26N2O5/c1-20(2,3)17-15-9-22(19(24)25)7-6-21(15)10-16(27-17)12-4-5-14-13(8-12)11-26-18(14)23/h4-5,8,15-17H,6-7,9-11H2,1-3H3,(H,24,25)/t15-,16-,17?/m0/s1. The lowest BCUT2D eigenvalue weighted by Crippen LogP contribution is -2.65. The number of amides is 1. The summed E-state index contributed by atoms with van der Waals surface area (Å²) in [6.07, 6.45) is -1.07. The van der Waals surface area contributed by atoms with Gasteiger partial charge < -0.3 is 19.5 Å². The van der Waals surface area contributed by atoms with E-state index in [9.17, 15) is 14.7 Å². The smallest absolute Gasteiger partial charge is 0.407 e. The molecule has 4 rings (SSSR count). The first-order chi connectivity index (χ1) is 12.7. The van der Waals surface area contributed by atoms with Crippen molar-refractivity contribution < 1.29 is 24.2 Å². The summed E-state index contributed by atoms with van der Waals surface area (Å²) in [7, 11) is 0. The van der Waals surface area contributed by atoms with Gasteiger partial charge in [0.25, 0.3) is 0 Å². The Morgan fingerprint density at radius 3 is 2.70 bits per heavy atom. The fourth-order valence-corrected chi connectivity index (χ4v) is 4.38. The number of esters is 1. The van der Waals surface area contributed by atoms with Crippen molar-refractivity contribution in [1.82, 2.24) is 9.80 Å². The third kappa shape index (κ3) is 3.30. The van der Waals surface area contributed by atoms with E-state index < -0.39 is 6.09 Å². The van der Waals surface area contributed by atoms with E-state index in [0.29, 0.717) is 31.8 Å². The fourth-order valence-electron chi connectivity index (χ4n) is 4.38. The zero-order valence-corrected chi connectivity index (χ0v) is 16.0. The molecule has 1 aromatic rings. The zero-order valence-electron chi connectivity index (χ0n) is 16.0. The number of cyclic esters (lactones) is 1. The number of morpholine rings is 1. The first-order valence-corrected chi connectivity index (χ1v) is 9.41. The van der Waals surface area contributed by atoms with Gasteiger partial charge in [-0.3, -0.25) is 4.90 Å². The molecule has 1 N–H and O–H groups in total. The lowest BCUT2D eigenvalue weighted by Gasteiger charge is -2.53. The summed E-state index contributed by atoms with van der Waals surface area (Å²) in [4.78, 5) is 27.0. The van der Waals surface area contributed by atoms with Crippen LogP contribution in [0, 0.1) is 5.41 Å². The maximum atomic E-state index is 11.7. The number of ether oxygens (including phenoxy) is 2. The van der Waals surface area contributed by atoms with Gasteiger partial charge in [-0.15, -0.1) is 0 Å². The van der Waals surface area contributed by atoms with Crippen LogP contribution in [0.15, 0.2) is 18.2 Å². The van der Waals surface area contributed by atoms with E-state index in [1.165, 1.54) is 4.90 Å². The van der Waals surface area contributed by atoms with Gasteiger partial charge in [0.15, 0.2) is 0 Å². The first-order valence-electron chi connectivity index (χ1n) is 9.41. The normalized spacial score (nSPS) is 28.5. The van der Waals surface area contributed by atoms with E-state index in [2.05, 4.69) is 25.7 Å². The molecule has 3 aliphatic heterocycles. The molecular weight excluding hydrogens is 348 g/mol. The second kappa shape index (κ2) is 6.49. The van der Waals surface area contributed by atoms with Crippen molar-refractivity contribution in [1.29, 1.82) is 0 Å². The van der Waals surface area contributed by atoms with Gasteiger partial charge in [-0.1, -0.05) is 26.8 Å². The second-order valence-electron chi connectivity index (χ2n) is 8.69. The topological polar surface area (TPSA) is 79.3 Å². The number of carbonyl (C=O) groups excluding carboxylic acids is 1. The molecule has 1 aromatic carbocycles. The molecule has 0 aromatic heterocycles. The number of carboxylic acid groups (broad SMARTS) is 1. The number of carbonyl (C=O) groups is 2. The molecule has 0 bridgehead atoms. The number of piperazine rings is 1. The summed E-state index contributed by atoms with van der Waals surface area (Å²) in [6, 6.07) is 5.83. The Hall–Kier alpha value is -2.12. The molecule has 7 heteroatoms. The molecule has 0 spiro atoms. The number of hydrogen-bond donors (Lipinski definition) is 1. The van der Waals surface area contributed by atoms with Gasteiger partial charge in [-0.25, -0.2) is 9.59 Å². The molecule has 0 radical (unpaired) electrons. The maximum absolute atomic E-state index is 11.7. The third-order valence-electron chi connectivity index (χ3n) is 5.80. The van der Waals surface area contributed by atoms with Crippen molar-refractivity contribution in [3.05, 3.63) is 34.9 Å². The number of hydrogen-bond acceptors (Lipinski definition) is 5. The predicted octanol–water partition coefficient (Wildman–Crippen LogP) is 2.51. The Bertz CT molecular complexity index is 772. The minimum Gasteiger partial charge on any atom is -0.465 e. The highest BCUT2D eigenvalue weighted by atomic mass is 16.5. The van der Waals surface area contributed by atoms with Gasteiger partial charge in [0, 0.05) is 31.7 Å². The average molecular weight is 374 g/mol. The lowest BCUT2D eigenvalue weighted by molar-refractivity contribution is -0.173. The minimum atomic E-state index is -0.868. The van der Waals surface area contributed by atoms with E-state index in [1.807, 2.05) is 18.2 Å². The lowest BCUT2D eigenvalue weighted by atomic mass is 9.81. The van der Waals surface area contributed by atoms with Crippen LogP contribution in [0.2, 0.25) is 0 Å². The molecule has 1 amide bonds. The molecule has 0 saturated carbocycles. The quantitative estimate of drug-likeness (QED) is 0.761. The predicted molar refractivity (Wildman–Crippen MR) is 97.6 cm³/mol. The SMILES string of the molecule is CC(C)(C)C1O[C@H](c2ccc3c(c2)COC3=O)CN2CCN(C(=O)O)C[C@@H]12. The highest BCUT2D eigenvalue weighted by molar-refractivity contribution is 5.93. The summed E-state index contributed by atoms with van der Waals surface area (Å²) < 4.78 is 11.6. The van der Waals surface area contributed by atoms with Crippen LogP contribution in [-0.2, 0) is 16.1 Å². The van der Waals surface area contributed by atoms with E-state index in [-0.39, 0.29) is 29.6 Å². The Morgan fingerprint density at radius 1 is 1.22 bits per heavy atom. The van der Waals surface area contributed by atoms with Crippen LogP contribution < -0.4 is 0 Å². The highest BCUT2D eigenvalue weighted by Crippen LogP contribution is 2.39. The van der Waals surface area contributed by atoms with E-state index in [0.717, 1.165) is 17.7 Å². The third-order valence-corrected chi connectivity index (χ3v) is 5.80. The molecule has 3 heterocycles. The number of benzene rings is 1. The minimum absolute atomic E-state index is 0.0467. The zero-order chi connectivity index (χ0) is 19.3. The number of rotatable bonds is 1. The molecule has 146 valence electrons. The van der Waals surface area contributed by atoms with Crippen LogP contribution in [0.4, 0.5) is 4.79 Å². The number of fused-ring (bicyclic) bond motifs is 2. The maximum Gasteiger partial charge on any atom is 0.407 e. The Kier molecular flexibility index (Phi) is 4.39. The Labute approximate surface area is 158 Å². The van der Waals surface area contributed by atoms with E-state index >= 15 is 0 Å². The molecule has 7 nitrogen and oxygen atoms in total.